The number of rotatable bonds is 15. The van der Waals surface area contributed by atoms with Crippen LogP contribution in [0.2, 0.25) is 0 Å². The highest BCUT2D eigenvalue weighted by molar-refractivity contribution is 7.89. The van der Waals surface area contributed by atoms with Crippen LogP contribution in [0.1, 0.15) is 42.5 Å². The van der Waals surface area contributed by atoms with Gasteiger partial charge >= 0.3 is 0 Å². The number of amides is 2. The van der Waals surface area contributed by atoms with Crippen LogP contribution in [0.15, 0.2) is 83.8 Å². The molecule has 0 aliphatic carbocycles. The van der Waals surface area contributed by atoms with Crippen LogP contribution >= 0.6 is 0 Å². The molecule has 3 aromatic carbocycles. The molecule has 0 saturated carbocycles. The first-order chi connectivity index (χ1) is 19.2. The lowest BCUT2D eigenvalue weighted by Crippen LogP contribution is -2.43. The Kier molecular flexibility index (Phi) is 11.8. The molecule has 1 atom stereocenters. The van der Waals surface area contributed by atoms with E-state index in [-0.39, 0.29) is 36.2 Å². The molecule has 0 unspecified atom stereocenters. The predicted molar refractivity (Wildman–Crippen MR) is 151 cm³/mol. The van der Waals surface area contributed by atoms with E-state index in [0.717, 1.165) is 5.56 Å². The van der Waals surface area contributed by atoms with Crippen LogP contribution in [-0.2, 0) is 37.3 Å². The lowest BCUT2D eigenvalue weighted by Gasteiger charge is -2.32. The zero-order valence-corrected chi connectivity index (χ0v) is 23.6. The topological polar surface area (TPSA) is 105 Å². The van der Waals surface area contributed by atoms with E-state index in [1.807, 2.05) is 18.2 Å². The van der Waals surface area contributed by atoms with Gasteiger partial charge in [-0.2, -0.15) is 0 Å². The molecule has 214 valence electrons. The maximum atomic E-state index is 13.7. The first-order valence-corrected chi connectivity index (χ1v) is 14.7. The summed E-state index contributed by atoms with van der Waals surface area (Å²) in [6, 6.07) is 20.4. The summed E-state index contributed by atoms with van der Waals surface area (Å²) in [6.45, 7) is 2.96. The lowest BCUT2D eigenvalue weighted by atomic mass is 10.0. The third-order valence-electron chi connectivity index (χ3n) is 6.28. The Bertz CT molecular complexity index is 1330. The second kappa shape index (κ2) is 15.3. The average Bonchev–Trinajstić information content (AvgIpc) is 2.95. The molecule has 0 fully saturated rings. The van der Waals surface area contributed by atoms with Gasteiger partial charge in [0.25, 0.3) is 0 Å². The number of carbonyl (C=O) groups is 2. The molecule has 2 amide bonds. The average molecular weight is 570 g/mol. The fourth-order valence-electron chi connectivity index (χ4n) is 4.25. The second-order valence-electron chi connectivity index (χ2n) is 9.24. The van der Waals surface area contributed by atoms with Crippen molar-refractivity contribution in [2.75, 3.05) is 26.8 Å². The third-order valence-corrected chi connectivity index (χ3v) is 7.84. The first kappa shape index (κ1) is 30.9. The van der Waals surface area contributed by atoms with E-state index >= 15 is 0 Å². The van der Waals surface area contributed by atoms with Gasteiger partial charge in [-0.3, -0.25) is 9.59 Å². The van der Waals surface area contributed by atoms with Gasteiger partial charge in [0, 0.05) is 39.8 Å². The second-order valence-corrected chi connectivity index (χ2v) is 11.0. The van der Waals surface area contributed by atoms with Gasteiger partial charge in [0.2, 0.25) is 21.8 Å². The van der Waals surface area contributed by atoms with Gasteiger partial charge in [-0.05, 0) is 53.8 Å². The van der Waals surface area contributed by atoms with E-state index in [1.54, 1.807) is 50.4 Å². The van der Waals surface area contributed by atoms with Crippen molar-refractivity contribution in [2.24, 2.45) is 0 Å². The van der Waals surface area contributed by atoms with E-state index in [4.69, 9.17) is 4.74 Å². The van der Waals surface area contributed by atoms with Crippen molar-refractivity contribution in [3.05, 3.63) is 101 Å². The molecule has 10 heteroatoms. The van der Waals surface area contributed by atoms with Gasteiger partial charge in [0.15, 0.2) is 0 Å². The van der Waals surface area contributed by atoms with Gasteiger partial charge in [-0.25, -0.2) is 17.5 Å². The minimum absolute atomic E-state index is 0.0841. The van der Waals surface area contributed by atoms with E-state index in [9.17, 15) is 22.4 Å². The number of aryl methyl sites for hydroxylation is 1. The minimum Gasteiger partial charge on any atom is -0.385 e. The number of carbonyl (C=O) groups excluding carboxylic acids is 2. The van der Waals surface area contributed by atoms with Crippen LogP contribution in [0.4, 0.5) is 4.39 Å². The van der Waals surface area contributed by atoms with Crippen molar-refractivity contribution >= 4 is 21.8 Å². The molecule has 3 rings (SSSR count). The Balaban J connectivity index is 1.86. The van der Waals surface area contributed by atoms with Gasteiger partial charge in [-0.15, -0.1) is 0 Å². The zero-order chi connectivity index (χ0) is 29.0. The molecule has 0 radical (unpaired) electrons. The molecular weight excluding hydrogens is 533 g/mol. The molecule has 2 N–H and O–H groups in total. The van der Waals surface area contributed by atoms with Gasteiger partial charge in [0.1, 0.15) is 11.9 Å². The quantitative estimate of drug-likeness (QED) is 0.270. The highest BCUT2D eigenvalue weighted by Crippen LogP contribution is 2.25. The van der Waals surface area contributed by atoms with Crippen LogP contribution in [0.3, 0.4) is 0 Å². The molecule has 0 aliphatic rings. The number of nitrogens with zero attached hydrogens (tertiary/aromatic N) is 1. The molecular formula is C30H36FN3O5S. The number of nitrogens with one attached hydrogen (secondary N) is 2. The zero-order valence-electron chi connectivity index (χ0n) is 22.8. The standard InChI is InChI=1S/C30H36FN3O5S/c1-3-33-40(37,38)27-17-12-23(13-18-27)14-19-28(35)34(22-24-10-15-26(31)16-11-24)29(25-8-5-4-6-9-25)30(36)32-20-7-21-39-2/h4-6,8-13,15-18,29,33H,3,7,14,19-22H2,1-2H3,(H,32,36)/t29-/m1/s1. The monoisotopic (exact) mass is 569 g/mol. The van der Waals surface area contributed by atoms with E-state index in [1.165, 1.54) is 29.2 Å². The molecule has 0 saturated heterocycles. The van der Waals surface area contributed by atoms with Crippen LogP contribution in [0, 0.1) is 5.82 Å². The summed E-state index contributed by atoms with van der Waals surface area (Å²) < 4.78 is 45.6. The van der Waals surface area contributed by atoms with Gasteiger partial charge in [-0.1, -0.05) is 61.5 Å². The maximum absolute atomic E-state index is 13.7. The molecule has 40 heavy (non-hydrogen) atoms. The first-order valence-electron chi connectivity index (χ1n) is 13.2. The summed E-state index contributed by atoms with van der Waals surface area (Å²) in [6.07, 6.45) is 1.05. The number of hydrogen-bond acceptors (Lipinski definition) is 5. The summed E-state index contributed by atoms with van der Waals surface area (Å²) in [5.74, 6) is -0.984. The highest BCUT2D eigenvalue weighted by Gasteiger charge is 2.31. The van der Waals surface area contributed by atoms with Crippen molar-refractivity contribution in [3.8, 4) is 0 Å². The number of sulfonamides is 1. The van der Waals surface area contributed by atoms with E-state index in [2.05, 4.69) is 10.0 Å². The van der Waals surface area contributed by atoms with Gasteiger partial charge < -0.3 is 15.0 Å². The predicted octanol–water partition coefficient (Wildman–Crippen LogP) is 3.98. The molecule has 0 bridgehead atoms. The number of benzene rings is 3. The molecule has 0 spiro atoms. The van der Waals surface area contributed by atoms with Crippen LogP contribution in [0.5, 0.6) is 0 Å². The van der Waals surface area contributed by atoms with Gasteiger partial charge in [0.05, 0.1) is 4.90 Å². The summed E-state index contributed by atoms with van der Waals surface area (Å²) in [4.78, 5) is 28.9. The summed E-state index contributed by atoms with van der Waals surface area (Å²) in [7, 11) is -1.99. The van der Waals surface area contributed by atoms with Crippen molar-refractivity contribution in [2.45, 2.75) is 43.7 Å². The Morgan fingerprint density at radius 3 is 2.23 bits per heavy atom. The van der Waals surface area contributed by atoms with Crippen molar-refractivity contribution in [1.82, 2.24) is 14.9 Å². The largest absolute Gasteiger partial charge is 0.385 e. The smallest absolute Gasteiger partial charge is 0.247 e. The highest BCUT2D eigenvalue weighted by atomic mass is 32.2. The number of hydrogen-bond donors (Lipinski definition) is 2. The lowest BCUT2D eigenvalue weighted by molar-refractivity contribution is -0.141. The van der Waals surface area contributed by atoms with Crippen molar-refractivity contribution in [3.63, 3.8) is 0 Å². The molecule has 8 nitrogen and oxygen atoms in total. The van der Waals surface area contributed by atoms with Crippen LogP contribution in [0.25, 0.3) is 0 Å². The summed E-state index contributed by atoms with van der Waals surface area (Å²) in [5.41, 5.74) is 2.12. The Hall–Kier alpha value is -3.60. The molecule has 0 heterocycles. The van der Waals surface area contributed by atoms with Crippen molar-refractivity contribution in [1.29, 1.82) is 0 Å². The normalized spacial score (nSPS) is 12.1. The van der Waals surface area contributed by atoms with E-state index in [0.29, 0.717) is 37.1 Å². The minimum atomic E-state index is -3.58. The number of ether oxygens (including phenoxy) is 1. The van der Waals surface area contributed by atoms with E-state index < -0.39 is 21.9 Å². The SMILES string of the molecule is CCNS(=O)(=O)c1ccc(CCC(=O)N(Cc2ccc(F)cc2)[C@@H](C(=O)NCCCOC)c2ccccc2)cc1. The fraction of sp³-hybridized carbons (Fsp3) is 0.333. The van der Waals surface area contributed by atoms with Crippen LogP contribution < -0.4 is 10.0 Å². The Labute approximate surface area is 235 Å². The Morgan fingerprint density at radius 1 is 0.950 bits per heavy atom. The number of methoxy groups -OCH3 is 1. The summed E-state index contributed by atoms with van der Waals surface area (Å²) in [5, 5.41) is 2.92. The Morgan fingerprint density at radius 2 is 1.60 bits per heavy atom. The maximum Gasteiger partial charge on any atom is 0.247 e. The number of halogens is 1. The molecule has 0 aromatic heterocycles. The summed E-state index contributed by atoms with van der Waals surface area (Å²) >= 11 is 0. The van der Waals surface area contributed by atoms with Crippen LogP contribution in [-0.4, -0.2) is 51.9 Å². The molecule has 3 aromatic rings. The fourth-order valence-corrected chi connectivity index (χ4v) is 5.29. The molecule has 0 aliphatic heterocycles. The third kappa shape index (κ3) is 8.97. The van der Waals surface area contributed by atoms with Crippen molar-refractivity contribution < 1.29 is 27.1 Å².